The standard InChI is InChI=1S/C18H27OS2/c1-20-12-5-13-21-15-17-8-10-18(11-9-17)19-14-16-6-3-2-4-7-16/h2-4,6-7,17-18H,1,5,8-15H2/q+1. The van der Waals surface area contributed by atoms with Gasteiger partial charge in [-0.1, -0.05) is 30.3 Å². The Kier molecular flexibility index (Phi) is 8.38. The van der Waals surface area contributed by atoms with Crippen molar-refractivity contribution in [3.8, 4) is 0 Å². The van der Waals surface area contributed by atoms with E-state index in [2.05, 4.69) is 48.0 Å². The minimum atomic E-state index is 0.481. The summed E-state index contributed by atoms with van der Waals surface area (Å²) in [7, 11) is 0. The number of rotatable bonds is 9. The maximum Gasteiger partial charge on any atom is 0.176 e. The van der Waals surface area contributed by atoms with Gasteiger partial charge in [-0.3, -0.25) is 0 Å². The van der Waals surface area contributed by atoms with Crippen LogP contribution in [-0.2, 0) is 22.7 Å². The van der Waals surface area contributed by atoms with Crippen LogP contribution in [0.3, 0.4) is 0 Å². The number of hydrogen-bond acceptors (Lipinski definition) is 2. The van der Waals surface area contributed by atoms with Gasteiger partial charge in [0.25, 0.3) is 0 Å². The fraction of sp³-hybridized carbons (Fsp3) is 0.611. The summed E-state index contributed by atoms with van der Waals surface area (Å²) in [5.41, 5.74) is 1.29. The molecule has 1 fully saturated rings. The molecule has 0 N–H and O–H groups in total. The molecule has 3 heteroatoms. The molecule has 1 aromatic rings. The van der Waals surface area contributed by atoms with E-state index in [-0.39, 0.29) is 0 Å². The Morgan fingerprint density at radius 2 is 1.90 bits per heavy atom. The zero-order chi connectivity index (χ0) is 14.8. The van der Waals surface area contributed by atoms with Gasteiger partial charge >= 0.3 is 0 Å². The fourth-order valence-electron chi connectivity index (χ4n) is 2.77. The molecule has 21 heavy (non-hydrogen) atoms. The Morgan fingerprint density at radius 3 is 2.62 bits per heavy atom. The summed E-state index contributed by atoms with van der Waals surface area (Å²) in [4.78, 5) is 0. The van der Waals surface area contributed by atoms with Gasteiger partial charge < -0.3 is 4.74 Å². The zero-order valence-corrected chi connectivity index (χ0v) is 14.5. The van der Waals surface area contributed by atoms with Crippen LogP contribution >= 0.6 is 11.8 Å². The number of benzene rings is 1. The Bertz CT molecular complexity index is 385. The van der Waals surface area contributed by atoms with E-state index in [1.807, 2.05) is 0 Å². The molecule has 1 aliphatic rings. The lowest BCUT2D eigenvalue weighted by Crippen LogP contribution is -2.22. The van der Waals surface area contributed by atoms with Gasteiger partial charge in [-0.15, -0.1) is 0 Å². The van der Waals surface area contributed by atoms with Gasteiger partial charge in [0.2, 0.25) is 0 Å². The average Bonchev–Trinajstić information content (AvgIpc) is 2.55. The van der Waals surface area contributed by atoms with Gasteiger partial charge in [-0.25, -0.2) is 0 Å². The van der Waals surface area contributed by atoms with Crippen molar-refractivity contribution >= 4 is 29.0 Å². The molecule has 1 saturated carbocycles. The van der Waals surface area contributed by atoms with Crippen molar-refractivity contribution in [3.05, 3.63) is 35.9 Å². The molecule has 0 spiro atoms. The molecular weight excluding hydrogens is 296 g/mol. The highest BCUT2D eigenvalue weighted by atomic mass is 32.2. The molecule has 116 valence electrons. The highest BCUT2D eigenvalue weighted by Gasteiger charge is 2.21. The third-order valence-electron chi connectivity index (χ3n) is 4.05. The Labute approximate surface area is 137 Å². The molecule has 1 aromatic carbocycles. The van der Waals surface area contributed by atoms with Gasteiger partial charge in [0.15, 0.2) is 23.0 Å². The molecular formula is C18H27OS2+. The summed E-state index contributed by atoms with van der Waals surface area (Å²) in [5, 5.41) is 0. The topological polar surface area (TPSA) is 9.23 Å². The van der Waals surface area contributed by atoms with E-state index in [9.17, 15) is 0 Å². The summed E-state index contributed by atoms with van der Waals surface area (Å²) in [5.74, 6) is 8.57. The van der Waals surface area contributed by atoms with Crippen LogP contribution in [-0.4, -0.2) is 29.2 Å². The van der Waals surface area contributed by atoms with Crippen LogP contribution in [0.15, 0.2) is 30.3 Å². The highest BCUT2D eigenvalue weighted by molar-refractivity contribution is 7.99. The summed E-state index contributed by atoms with van der Waals surface area (Å²) in [6.07, 6.45) is 6.95. The second-order valence-electron chi connectivity index (χ2n) is 5.78. The fourth-order valence-corrected chi connectivity index (χ4v) is 4.48. The van der Waals surface area contributed by atoms with Gasteiger partial charge in [0.1, 0.15) is 0 Å². The second kappa shape index (κ2) is 10.4. The van der Waals surface area contributed by atoms with E-state index < -0.39 is 0 Å². The summed E-state index contributed by atoms with van der Waals surface area (Å²) >= 11 is 3.84. The maximum absolute atomic E-state index is 6.06. The van der Waals surface area contributed by atoms with Crippen molar-refractivity contribution in [2.24, 2.45) is 5.92 Å². The van der Waals surface area contributed by atoms with Crippen LogP contribution in [0.2, 0.25) is 0 Å². The van der Waals surface area contributed by atoms with E-state index >= 15 is 0 Å². The summed E-state index contributed by atoms with van der Waals surface area (Å²) < 4.78 is 6.06. The summed E-state index contributed by atoms with van der Waals surface area (Å²) in [6, 6.07) is 10.5. The molecule has 0 unspecified atom stereocenters. The lowest BCUT2D eigenvalue weighted by atomic mass is 9.89. The van der Waals surface area contributed by atoms with Crippen LogP contribution < -0.4 is 0 Å². The van der Waals surface area contributed by atoms with E-state index in [0.717, 1.165) is 12.5 Å². The minimum Gasteiger partial charge on any atom is -0.374 e. The van der Waals surface area contributed by atoms with E-state index in [1.54, 1.807) is 11.4 Å². The van der Waals surface area contributed by atoms with E-state index in [4.69, 9.17) is 4.74 Å². The lowest BCUT2D eigenvalue weighted by Gasteiger charge is -2.28. The molecule has 0 aliphatic heterocycles. The van der Waals surface area contributed by atoms with Crippen molar-refractivity contribution in [2.45, 2.75) is 44.8 Å². The molecule has 0 bridgehead atoms. The molecule has 0 aromatic heterocycles. The largest absolute Gasteiger partial charge is 0.374 e. The van der Waals surface area contributed by atoms with Crippen LogP contribution in [0.25, 0.3) is 0 Å². The van der Waals surface area contributed by atoms with Crippen molar-refractivity contribution < 1.29 is 4.74 Å². The maximum atomic E-state index is 6.06. The van der Waals surface area contributed by atoms with Crippen LogP contribution in [0.4, 0.5) is 0 Å². The van der Waals surface area contributed by atoms with Crippen LogP contribution in [0.5, 0.6) is 0 Å². The van der Waals surface area contributed by atoms with Gasteiger partial charge in [-0.2, -0.15) is 11.8 Å². The van der Waals surface area contributed by atoms with Gasteiger partial charge in [-0.05, 0) is 48.7 Å². The lowest BCUT2D eigenvalue weighted by molar-refractivity contribution is 0.00918. The first kappa shape index (κ1) is 17.0. The van der Waals surface area contributed by atoms with Crippen molar-refractivity contribution in [1.82, 2.24) is 0 Å². The van der Waals surface area contributed by atoms with E-state index in [1.165, 1.54) is 54.9 Å². The molecule has 0 radical (unpaired) electrons. The van der Waals surface area contributed by atoms with E-state index in [0.29, 0.717) is 6.10 Å². The normalized spacial score (nSPS) is 22.1. The van der Waals surface area contributed by atoms with Gasteiger partial charge in [0, 0.05) is 6.42 Å². The number of ether oxygens (including phenoxy) is 1. The molecule has 0 amide bonds. The molecule has 1 aliphatic carbocycles. The van der Waals surface area contributed by atoms with Crippen LogP contribution in [0.1, 0.15) is 37.7 Å². The van der Waals surface area contributed by atoms with Crippen molar-refractivity contribution in [3.63, 3.8) is 0 Å². The average molecular weight is 324 g/mol. The number of thioether (sulfide) groups is 1. The predicted molar refractivity (Wildman–Crippen MR) is 98.3 cm³/mol. The third-order valence-corrected chi connectivity index (χ3v) is 5.92. The smallest absolute Gasteiger partial charge is 0.176 e. The molecule has 0 saturated heterocycles. The third kappa shape index (κ3) is 6.94. The first-order chi connectivity index (χ1) is 10.4. The SMILES string of the molecule is C=[S+]CCCSCC1CCC(OCc2ccccc2)CC1. The Balaban J connectivity index is 1.55. The molecule has 1 nitrogen and oxygen atoms in total. The van der Waals surface area contributed by atoms with Crippen molar-refractivity contribution in [2.75, 3.05) is 17.3 Å². The molecule has 0 atom stereocenters. The highest BCUT2D eigenvalue weighted by Crippen LogP contribution is 2.29. The zero-order valence-electron chi connectivity index (χ0n) is 12.8. The van der Waals surface area contributed by atoms with Crippen molar-refractivity contribution in [1.29, 1.82) is 0 Å². The first-order valence-electron chi connectivity index (χ1n) is 7.98. The minimum absolute atomic E-state index is 0.481. The quantitative estimate of drug-likeness (QED) is 0.378. The second-order valence-corrected chi connectivity index (χ2v) is 7.74. The monoisotopic (exact) mass is 323 g/mol. The Hall–Kier alpha value is -0.380. The molecule has 2 rings (SSSR count). The van der Waals surface area contributed by atoms with Crippen LogP contribution in [0, 0.1) is 5.92 Å². The molecule has 0 heterocycles. The van der Waals surface area contributed by atoms with Gasteiger partial charge in [0.05, 0.1) is 12.7 Å². The predicted octanol–water partition coefficient (Wildman–Crippen LogP) is 4.40. The number of hydrogen-bond donors (Lipinski definition) is 0. The Morgan fingerprint density at radius 1 is 1.14 bits per heavy atom. The first-order valence-corrected chi connectivity index (χ1v) is 10.3. The summed E-state index contributed by atoms with van der Waals surface area (Å²) in [6.45, 7) is 0.771.